The summed E-state index contributed by atoms with van der Waals surface area (Å²) in [6.45, 7) is 16.3. The van der Waals surface area contributed by atoms with Crippen LogP contribution in [0.3, 0.4) is 0 Å². The maximum atomic E-state index is 2.50. The topological polar surface area (TPSA) is 3.88 Å². The van der Waals surface area contributed by atoms with Gasteiger partial charge in [-0.3, -0.25) is 0 Å². The average molecular weight is 505 g/mol. The quantitative estimate of drug-likeness (QED) is 0.171. The van der Waals surface area contributed by atoms with Crippen molar-refractivity contribution in [2.24, 2.45) is 18.4 Å². The van der Waals surface area contributed by atoms with Crippen molar-refractivity contribution in [3.05, 3.63) is 77.0 Å². The van der Waals surface area contributed by atoms with Crippen LogP contribution in [-0.2, 0) is 19.9 Å². The smallest absolute Gasteiger partial charge is 0.200 e. The van der Waals surface area contributed by atoms with Crippen LogP contribution in [0, 0.1) is 25.2 Å². The van der Waals surface area contributed by atoms with Gasteiger partial charge in [0, 0.05) is 21.2 Å². The molecule has 0 bridgehead atoms. The molecule has 0 atom stereocenters. The normalized spacial score (nSPS) is 13.2. The molecule has 4 aromatic carbocycles. The Labute approximate surface area is 225 Å². The molecule has 188 valence electrons. The molecule has 2 heterocycles. The number of rotatable bonds is 3. The Morgan fingerprint density at radius 1 is 0.865 bits per heavy atom. The Morgan fingerprint density at radius 3 is 2.38 bits per heavy atom. The van der Waals surface area contributed by atoms with Crippen LogP contribution in [-0.4, -0.2) is 0 Å². The molecule has 1 aliphatic rings. The summed E-state index contributed by atoms with van der Waals surface area (Å²) < 4.78 is 2.36. The van der Waals surface area contributed by atoms with E-state index in [0.717, 1.165) is 12.8 Å². The van der Waals surface area contributed by atoms with E-state index in [0.29, 0.717) is 5.92 Å². The van der Waals surface area contributed by atoms with Crippen LogP contribution < -0.4 is 4.57 Å². The van der Waals surface area contributed by atoms with Crippen molar-refractivity contribution in [1.82, 2.24) is 0 Å². The SMILES string of the molecule is Cc1ccc2c(CC(C)C)c3c(c(C)c2c1)-c1c2c(cc4c(CC(C)(C)C)cccc4c2cc[n+]1C)S3. The third-order valence-electron chi connectivity index (χ3n) is 7.89. The number of benzene rings is 4. The second-order valence-electron chi connectivity index (χ2n) is 12.7. The molecule has 6 rings (SSSR count). The van der Waals surface area contributed by atoms with Crippen molar-refractivity contribution in [1.29, 1.82) is 0 Å². The molecule has 0 saturated carbocycles. The molecule has 0 N–H and O–H groups in total. The minimum atomic E-state index is 0.243. The Morgan fingerprint density at radius 2 is 1.65 bits per heavy atom. The van der Waals surface area contributed by atoms with Gasteiger partial charge in [0.25, 0.3) is 0 Å². The minimum Gasteiger partial charge on any atom is -0.200 e. The highest BCUT2D eigenvalue weighted by molar-refractivity contribution is 8.00. The van der Waals surface area contributed by atoms with Gasteiger partial charge in [0.2, 0.25) is 5.69 Å². The first-order valence-electron chi connectivity index (χ1n) is 13.6. The van der Waals surface area contributed by atoms with Gasteiger partial charge in [-0.15, -0.1) is 0 Å². The summed E-state index contributed by atoms with van der Waals surface area (Å²) in [7, 11) is 2.22. The number of aromatic nitrogens is 1. The van der Waals surface area contributed by atoms with Gasteiger partial charge in [0.1, 0.15) is 7.05 Å². The summed E-state index contributed by atoms with van der Waals surface area (Å²) in [5, 5.41) is 8.41. The van der Waals surface area contributed by atoms with E-state index in [2.05, 4.69) is 115 Å². The Hall–Kier alpha value is -2.84. The number of nitrogens with zero attached hydrogens (tertiary/aromatic N) is 1. The first-order valence-corrected chi connectivity index (χ1v) is 14.5. The van der Waals surface area contributed by atoms with Gasteiger partial charge in [-0.25, -0.2) is 4.57 Å². The van der Waals surface area contributed by atoms with Crippen LogP contribution in [0.5, 0.6) is 0 Å². The van der Waals surface area contributed by atoms with E-state index in [9.17, 15) is 0 Å². The van der Waals surface area contributed by atoms with Crippen molar-refractivity contribution in [3.8, 4) is 11.3 Å². The minimum absolute atomic E-state index is 0.243. The highest BCUT2D eigenvalue weighted by atomic mass is 32.2. The summed E-state index contributed by atoms with van der Waals surface area (Å²) in [6.07, 6.45) is 4.44. The monoisotopic (exact) mass is 504 g/mol. The number of fused-ring (bicyclic) bond motifs is 5. The van der Waals surface area contributed by atoms with Crippen LogP contribution in [0.25, 0.3) is 43.6 Å². The van der Waals surface area contributed by atoms with Crippen LogP contribution in [0.1, 0.15) is 56.9 Å². The van der Waals surface area contributed by atoms with E-state index in [1.54, 1.807) is 0 Å². The van der Waals surface area contributed by atoms with Gasteiger partial charge >= 0.3 is 0 Å². The molecule has 1 nitrogen and oxygen atoms in total. The van der Waals surface area contributed by atoms with Crippen molar-refractivity contribution < 1.29 is 4.57 Å². The molecule has 0 unspecified atom stereocenters. The van der Waals surface area contributed by atoms with Crippen molar-refractivity contribution >= 4 is 44.1 Å². The highest BCUT2D eigenvalue weighted by Gasteiger charge is 2.32. The second kappa shape index (κ2) is 8.60. The average Bonchev–Trinajstić information content (AvgIpc) is 2.82. The summed E-state index contributed by atoms with van der Waals surface area (Å²) >= 11 is 2.01. The Kier molecular flexibility index (Phi) is 5.69. The molecule has 0 saturated heterocycles. The predicted octanol–water partition coefficient (Wildman–Crippen LogP) is 9.51. The lowest BCUT2D eigenvalue weighted by Crippen LogP contribution is -2.32. The van der Waals surface area contributed by atoms with E-state index in [1.807, 2.05) is 11.8 Å². The van der Waals surface area contributed by atoms with Crippen LogP contribution in [0.4, 0.5) is 0 Å². The largest absolute Gasteiger partial charge is 0.222 e. The number of hydrogen-bond acceptors (Lipinski definition) is 1. The number of pyridine rings is 1. The molecule has 0 amide bonds. The van der Waals surface area contributed by atoms with Crippen molar-refractivity contribution in [3.63, 3.8) is 0 Å². The van der Waals surface area contributed by atoms with E-state index in [-0.39, 0.29) is 5.41 Å². The summed E-state index contributed by atoms with van der Waals surface area (Å²) in [6, 6.07) is 18.8. The molecule has 5 aromatic rings. The third-order valence-corrected chi connectivity index (χ3v) is 9.09. The zero-order valence-electron chi connectivity index (χ0n) is 23.5. The molecule has 1 aliphatic heterocycles. The van der Waals surface area contributed by atoms with E-state index in [4.69, 9.17) is 0 Å². The van der Waals surface area contributed by atoms with E-state index >= 15 is 0 Å². The zero-order valence-corrected chi connectivity index (χ0v) is 24.4. The fourth-order valence-electron chi connectivity index (χ4n) is 6.38. The highest BCUT2D eigenvalue weighted by Crippen LogP contribution is 2.53. The fourth-order valence-corrected chi connectivity index (χ4v) is 7.75. The van der Waals surface area contributed by atoms with Gasteiger partial charge in [-0.05, 0) is 82.3 Å². The lowest BCUT2D eigenvalue weighted by Gasteiger charge is -2.26. The fraction of sp³-hybridized carbons (Fsp3) is 0.343. The van der Waals surface area contributed by atoms with Gasteiger partial charge in [-0.1, -0.05) is 88.3 Å². The molecule has 0 radical (unpaired) electrons. The second-order valence-corrected chi connectivity index (χ2v) is 13.8. The standard InChI is InChI=1S/C35H38NS/c1-20(2)16-29-25-13-12-21(3)17-27(25)22(4)31-33-32-26(14-15-36(33)8)24-11-9-10-23(19-35(5,6)7)28(24)18-30(32)37-34(29)31/h9-15,17-18,20H,16,19H2,1-8H3/q+1. The Balaban J connectivity index is 1.76. The summed E-state index contributed by atoms with van der Waals surface area (Å²) in [5.41, 5.74) is 8.75. The Bertz CT molecular complexity index is 1730. The first-order chi connectivity index (χ1) is 17.5. The molecule has 0 fully saturated rings. The predicted molar refractivity (Wildman–Crippen MR) is 161 cm³/mol. The van der Waals surface area contributed by atoms with Crippen LogP contribution in [0.2, 0.25) is 0 Å². The van der Waals surface area contributed by atoms with Gasteiger partial charge in [-0.2, -0.15) is 0 Å². The third kappa shape index (κ3) is 3.96. The van der Waals surface area contributed by atoms with Crippen LogP contribution >= 0.6 is 11.8 Å². The molecular formula is C35H38NS+. The van der Waals surface area contributed by atoms with Crippen molar-refractivity contribution in [2.45, 2.75) is 71.1 Å². The lowest BCUT2D eigenvalue weighted by atomic mass is 9.84. The molecule has 1 aromatic heterocycles. The molecular weight excluding hydrogens is 466 g/mol. The van der Waals surface area contributed by atoms with Gasteiger partial charge < -0.3 is 0 Å². The molecule has 37 heavy (non-hydrogen) atoms. The first kappa shape index (κ1) is 24.5. The summed E-state index contributed by atoms with van der Waals surface area (Å²) in [5.74, 6) is 0.595. The summed E-state index contributed by atoms with van der Waals surface area (Å²) in [4.78, 5) is 2.87. The maximum absolute atomic E-state index is 2.50. The van der Waals surface area contributed by atoms with Crippen molar-refractivity contribution in [2.75, 3.05) is 0 Å². The maximum Gasteiger partial charge on any atom is 0.222 e. The van der Waals surface area contributed by atoms with E-state index in [1.165, 1.54) is 75.6 Å². The van der Waals surface area contributed by atoms with Crippen LogP contribution in [0.15, 0.2) is 64.5 Å². The number of aryl methyl sites for hydroxylation is 3. The lowest BCUT2D eigenvalue weighted by molar-refractivity contribution is -0.659. The van der Waals surface area contributed by atoms with E-state index < -0.39 is 0 Å². The molecule has 0 aliphatic carbocycles. The van der Waals surface area contributed by atoms with Gasteiger partial charge in [0.05, 0.1) is 10.9 Å². The number of hydrogen-bond donors (Lipinski definition) is 0. The van der Waals surface area contributed by atoms with Gasteiger partial charge in [0.15, 0.2) is 6.20 Å². The molecule has 2 heteroatoms. The molecule has 0 spiro atoms. The zero-order chi connectivity index (χ0) is 26.2.